The van der Waals surface area contributed by atoms with Gasteiger partial charge in [-0.15, -0.1) is 11.8 Å². The predicted molar refractivity (Wildman–Crippen MR) is 118 cm³/mol. The van der Waals surface area contributed by atoms with Crippen molar-refractivity contribution in [2.75, 3.05) is 30.5 Å². The highest BCUT2D eigenvalue weighted by Gasteiger charge is 2.21. The average molecular weight is 400 g/mol. The zero-order valence-electron chi connectivity index (χ0n) is 17.2. The van der Waals surface area contributed by atoms with Crippen LogP contribution in [0.4, 0.5) is 11.4 Å². The van der Waals surface area contributed by atoms with Crippen LogP contribution in [0.2, 0.25) is 0 Å². The van der Waals surface area contributed by atoms with Gasteiger partial charge in [-0.2, -0.15) is 0 Å². The highest BCUT2D eigenvalue weighted by Crippen LogP contribution is 2.25. The molecule has 1 unspecified atom stereocenters. The van der Waals surface area contributed by atoms with E-state index >= 15 is 0 Å². The fourth-order valence-electron chi connectivity index (χ4n) is 2.85. The lowest BCUT2D eigenvalue weighted by atomic mass is 10.0. The minimum absolute atomic E-state index is 0.128. The van der Waals surface area contributed by atoms with Crippen LogP contribution in [-0.2, 0) is 9.59 Å². The summed E-state index contributed by atoms with van der Waals surface area (Å²) in [6.07, 6.45) is 1.97. The zero-order valence-corrected chi connectivity index (χ0v) is 18.0. The first-order valence-corrected chi connectivity index (χ1v) is 10.6. The van der Waals surface area contributed by atoms with Gasteiger partial charge < -0.3 is 10.6 Å². The summed E-state index contributed by atoms with van der Waals surface area (Å²) in [5, 5.41) is 5.92. The quantitative estimate of drug-likeness (QED) is 0.645. The van der Waals surface area contributed by atoms with Crippen molar-refractivity contribution in [1.82, 2.24) is 4.90 Å². The monoisotopic (exact) mass is 399 g/mol. The smallest absolute Gasteiger partial charge is 0.241 e. The fourth-order valence-corrected chi connectivity index (χ4v) is 3.41. The van der Waals surface area contributed by atoms with Gasteiger partial charge in [-0.1, -0.05) is 44.2 Å². The maximum Gasteiger partial charge on any atom is 0.241 e. The van der Waals surface area contributed by atoms with E-state index in [2.05, 4.69) is 24.5 Å². The summed E-state index contributed by atoms with van der Waals surface area (Å²) in [6.45, 7) is 6.12. The highest BCUT2D eigenvalue weighted by molar-refractivity contribution is 7.98. The predicted octanol–water partition coefficient (Wildman–Crippen LogP) is 4.43. The van der Waals surface area contributed by atoms with Crippen LogP contribution in [0.5, 0.6) is 0 Å². The first-order valence-electron chi connectivity index (χ1n) is 9.36. The fraction of sp³-hybridized carbons (Fsp3) is 0.364. The number of carbonyl (C=O) groups is 2. The van der Waals surface area contributed by atoms with Crippen LogP contribution >= 0.6 is 11.8 Å². The molecule has 0 fully saturated rings. The van der Waals surface area contributed by atoms with Crippen molar-refractivity contribution < 1.29 is 9.59 Å². The average Bonchev–Trinajstić information content (AvgIpc) is 2.67. The summed E-state index contributed by atoms with van der Waals surface area (Å²) in [5.41, 5.74) is 2.70. The minimum atomic E-state index is -0.443. The van der Waals surface area contributed by atoms with Crippen molar-refractivity contribution in [3.8, 4) is 0 Å². The standard InChI is InChI=1S/C22H29N3O2S/c1-15(2)17-10-6-7-11-18(17)24-22(27)16(3)25(4)14-21(26)23-19-12-8-9-13-20(19)28-5/h6-13,15-16H,14H2,1-5H3,(H,23,26)(H,24,27). The van der Waals surface area contributed by atoms with E-state index in [-0.39, 0.29) is 18.4 Å². The van der Waals surface area contributed by atoms with Crippen LogP contribution in [0.3, 0.4) is 0 Å². The van der Waals surface area contributed by atoms with Crippen molar-refractivity contribution in [1.29, 1.82) is 0 Å². The number of anilines is 2. The Labute approximate surface area is 171 Å². The van der Waals surface area contributed by atoms with Crippen LogP contribution in [0, 0.1) is 0 Å². The lowest BCUT2D eigenvalue weighted by Crippen LogP contribution is -2.43. The van der Waals surface area contributed by atoms with Gasteiger partial charge in [0.1, 0.15) is 0 Å². The molecule has 2 amide bonds. The second kappa shape index (κ2) is 10.3. The Hall–Kier alpha value is -2.31. The van der Waals surface area contributed by atoms with E-state index in [1.165, 1.54) is 0 Å². The maximum absolute atomic E-state index is 12.7. The maximum atomic E-state index is 12.7. The number of carbonyl (C=O) groups excluding carboxylic acids is 2. The summed E-state index contributed by atoms with van der Waals surface area (Å²) < 4.78 is 0. The van der Waals surface area contributed by atoms with E-state index in [9.17, 15) is 9.59 Å². The number of hydrogen-bond donors (Lipinski definition) is 2. The van der Waals surface area contributed by atoms with E-state index in [1.54, 1.807) is 30.6 Å². The van der Waals surface area contributed by atoms with E-state index < -0.39 is 6.04 Å². The molecule has 0 heterocycles. The molecule has 2 aromatic rings. The molecule has 28 heavy (non-hydrogen) atoms. The number of hydrogen-bond acceptors (Lipinski definition) is 4. The molecule has 0 bridgehead atoms. The van der Waals surface area contributed by atoms with Crippen molar-refractivity contribution in [2.45, 2.75) is 37.6 Å². The molecule has 6 heteroatoms. The number of benzene rings is 2. The zero-order chi connectivity index (χ0) is 20.7. The molecular formula is C22H29N3O2S. The third-order valence-electron chi connectivity index (χ3n) is 4.66. The Morgan fingerprint density at radius 3 is 2.21 bits per heavy atom. The van der Waals surface area contributed by atoms with Gasteiger partial charge in [0.25, 0.3) is 0 Å². The molecule has 0 aromatic heterocycles. The van der Waals surface area contributed by atoms with Crippen molar-refractivity contribution >= 4 is 35.0 Å². The van der Waals surface area contributed by atoms with E-state index in [0.717, 1.165) is 21.8 Å². The lowest BCUT2D eigenvalue weighted by Gasteiger charge is -2.24. The molecule has 150 valence electrons. The largest absolute Gasteiger partial charge is 0.324 e. The number of amides is 2. The number of nitrogens with one attached hydrogen (secondary N) is 2. The Morgan fingerprint density at radius 2 is 1.57 bits per heavy atom. The van der Waals surface area contributed by atoms with Crippen LogP contribution < -0.4 is 10.6 Å². The van der Waals surface area contributed by atoms with E-state index in [4.69, 9.17) is 0 Å². The summed E-state index contributed by atoms with van der Waals surface area (Å²) in [5.74, 6) is 0.0333. The second-order valence-corrected chi connectivity index (χ2v) is 7.92. The molecule has 0 aliphatic heterocycles. The van der Waals surface area contributed by atoms with Crippen LogP contribution in [0.15, 0.2) is 53.4 Å². The Bertz CT molecular complexity index is 823. The van der Waals surface area contributed by atoms with Gasteiger partial charge >= 0.3 is 0 Å². The first kappa shape index (κ1) is 22.0. The topological polar surface area (TPSA) is 61.4 Å². The van der Waals surface area contributed by atoms with Crippen LogP contribution in [0.25, 0.3) is 0 Å². The molecule has 2 N–H and O–H groups in total. The molecule has 0 saturated heterocycles. The number of thioether (sulfide) groups is 1. The molecule has 2 aromatic carbocycles. The van der Waals surface area contributed by atoms with Crippen LogP contribution in [-0.4, -0.2) is 42.6 Å². The van der Waals surface area contributed by atoms with Gasteiger partial charge in [-0.05, 0) is 49.9 Å². The number of likely N-dealkylation sites (N-methyl/N-ethyl adjacent to an activating group) is 1. The lowest BCUT2D eigenvalue weighted by molar-refractivity contribution is -0.122. The molecule has 5 nitrogen and oxygen atoms in total. The number of rotatable bonds is 8. The molecule has 0 spiro atoms. The molecule has 2 rings (SSSR count). The Kier molecular flexibility index (Phi) is 8.08. The van der Waals surface area contributed by atoms with Crippen LogP contribution in [0.1, 0.15) is 32.3 Å². The van der Waals surface area contributed by atoms with Gasteiger partial charge in [0.2, 0.25) is 11.8 Å². The van der Waals surface area contributed by atoms with E-state index in [1.807, 2.05) is 54.8 Å². The number of nitrogens with zero attached hydrogens (tertiary/aromatic N) is 1. The summed E-state index contributed by atoms with van der Waals surface area (Å²) in [4.78, 5) is 27.9. The molecule has 0 aliphatic carbocycles. The highest BCUT2D eigenvalue weighted by atomic mass is 32.2. The molecular weight excluding hydrogens is 370 g/mol. The van der Waals surface area contributed by atoms with Gasteiger partial charge in [0.05, 0.1) is 18.3 Å². The van der Waals surface area contributed by atoms with E-state index in [0.29, 0.717) is 5.92 Å². The molecule has 0 saturated carbocycles. The minimum Gasteiger partial charge on any atom is -0.324 e. The van der Waals surface area contributed by atoms with Gasteiger partial charge in [0, 0.05) is 10.6 Å². The number of para-hydroxylation sites is 2. The summed E-state index contributed by atoms with van der Waals surface area (Å²) >= 11 is 1.58. The van der Waals surface area contributed by atoms with Gasteiger partial charge in [0.15, 0.2) is 0 Å². The Morgan fingerprint density at radius 1 is 0.964 bits per heavy atom. The van der Waals surface area contributed by atoms with Gasteiger partial charge in [-0.25, -0.2) is 0 Å². The normalized spacial score (nSPS) is 12.1. The summed E-state index contributed by atoms with van der Waals surface area (Å²) in [7, 11) is 1.78. The SMILES string of the molecule is CSc1ccccc1NC(=O)CN(C)C(C)C(=O)Nc1ccccc1C(C)C. The molecule has 1 atom stereocenters. The van der Waals surface area contributed by atoms with Crippen molar-refractivity contribution in [3.05, 3.63) is 54.1 Å². The Balaban J connectivity index is 1.97. The molecule has 0 aliphatic rings. The molecule has 0 radical (unpaired) electrons. The summed E-state index contributed by atoms with van der Waals surface area (Å²) in [6, 6.07) is 15.0. The third-order valence-corrected chi connectivity index (χ3v) is 5.45. The van der Waals surface area contributed by atoms with Gasteiger partial charge in [-0.3, -0.25) is 14.5 Å². The van der Waals surface area contributed by atoms with Crippen molar-refractivity contribution in [3.63, 3.8) is 0 Å². The second-order valence-electron chi connectivity index (χ2n) is 7.07. The third kappa shape index (κ3) is 5.84. The first-order chi connectivity index (χ1) is 13.3. The van der Waals surface area contributed by atoms with Crippen molar-refractivity contribution in [2.24, 2.45) is 0 Å².